The summed E-state index contributed by atoms with van der Waals surface area (Å²) in [6, 6.07) is 14.4. The van der Waals surface area contributed by atoms with Crippen LogP contribution < -0.4 is 10.6 Å². The van der Waals surface area contributed by atoms with Gasteiger partial charge < -0.3 is 10.6 Å². The highest BCUT2D eigenvalue weighted by Gasteiger charge is 2.34. The Morgan fingerprint density at radius 1 is 0.938 bits per heavy atom. The fourth-order valence-corrected chi connectivity index (χ4v) is 8.19. The number of halogens is 3. The van der Waals surface area contributed by atoms with Gasteiger partial charge in [0.2, 0.25) is 15.9 Å². The molecule has 0 saturated carbocycles. The van der Waals surface area contributed by atoms with Gasteiger partial charge in [0.1, 0.15) is 17.5 Å². The molecule has 1 amide bonds. The molecule has 0 spiro atoms. The van der Waals surface area contributed by atoms with Crippen LogP contribution in [0, 0.1) is 24.4 Å². The molecule has 0 unspecified atom stereocenters. The standard InChI is InChI=1S/C34H35F3N4O5S2/c1-22-15-24(17-26(36)16-22)31(23-3-5-25(35)6-4-23)18-34(42)40-33-21-39-20-32(37)30(33)12-7-27-19-38-13-14-41(27)48(45,46)29-10-8-28(9-11-29)47(2,43)44/h3-6,8-11,15-17,20-21,27,31,38H,7,12-14,18-19H2,1-2H3,(H,40,42)/t27-,31-/m0/s1. The number of nitrogens with one attached hydrogen (secondary N) is 2. The Balaban J connectivity index is 1.34. The Bertz CT molecular complexity index is 1990. The molecule has 1 saturated heterocycles. The van der Waals surface area contributed by atoms with E-state index < -0.39 is 55.2 Å². The van der Waals surface area contributed by atoms with Crippen LogP contribution in [0.4, 0.5) is 18.9 Å². The van der Waals surface area contributed by atoms with Crippen LogP contribution in [0.2, 0.25) is 0 Å². The van der Waals surface area contributed by atoms with Crippen molar-refractivity contribution in [2.24, 2.45) is 0 Å². The van der Waals surface area contributed by atoms with Gasteiger partial charge in [0.05, 0.1) is 27.9 Å². The van der Waals surface area contributed by atoms with Crippen molar-refractivity contribution in [3.05, 3.63) is 119 Å². The number of nitrogens with zero attached hydrogens (tertiary/aromatic N) is 2. The second-order valence-corrected chi connectivity index (χ2v) is 15.7. The first kappa shape index (κ1) is 35.2. The zero-order chi connectivity index (χ0) is 34.6. The smallest absolute Gasteiger partial charge is 0.243 e. The Kier molecular flexibility index (Phi) is 10.7. The van der Waals surface area contributed by atoms with E-state index in [-0.39, 0.29) is 46.8 Å². The number of carbonyl (C=O) groups excluding carboxylic acids is 1. The molecule has 2 heterocycles. The van der Waals surface area contributed by atoms with Gasteiger partial charge >= 0.3 is 0 Å². The number of hydrogen-bond donors (Lipinski definition) is 2. The van der Waals surface area contributed by atoms with Gasteiger partial charge in [-0.15, -0.1) is 0 Å². The minimum Gasteiger partial charge on any atom is -0.324 e. The maximum Gasteiger partial charge on any atom is 0.243 e. The van der Waals surface area contributed by atoms with Gasteiger partial charge in [0.25, 0.3) is 0 Å². The molecule has 1 aromatic heterocycles. The molecular weight excluding hydrogens is 666 g/mol. The van der Waals surface area contributed by atoms with Gasteiger partial charge in [0, 0.05) is 49.8 Å². The Morgan fingerprint density at radius 2 is 1.62 bits per heavy atom. The average Bonchev–Trinajstić information content (AvgIpc) is 3.03. The van der Waals surface area contributed by atoms with Crippen LogP contribution in [0.25, 0.3) is 0 Å². The van der Waals surface area contributed by atoms with E-state index in [9.17, 15) is 30.4 Å². The highest BCUT2D eigenvalue weighted by Crippen LogP contribution is 2.31. The quantitative estimate of drug-likeness (QED) is 0.227. The largest absolute Gasteiger partial charge is 0.324 e. The maximum atomic E-state index is 15.2. The summed E-state index contributed by atoms with van der Waals surface area (Å²) in [6.07, 6.45) is 3.44. The molecule has 0 bridgehead atoms. The van der Waals surface area contributed by atoms with Gasteiger partial charge in [0.15, 0.2) is 9.84 Å². The number of anilines is 1. The van der Waals surface area contributed by atoms with Gasteiger partial charge in [-0.2, -0.15) is 4.31 Å². The number of hydrogen-bond acceptors (Lipinski definition) is 7. The van der Waals surface area contributed by atoms with E-state index in [1.165, 1.54) is 71.2 Å². The number of sulfone groups is 1. The Morgan fingerprint density at radius 3 is 2.29 bits per heavy atom. The third-order valence-corrected chi connectivity index (χ3v) is 11.4. The summed E-state index contributed by atoms with van der Waals surface area (Å²) in [7, 11) is -7.53. The fraction of sp³-hybridized carbons (Fsp3) is 0.294. The number of benzene rings is 3. The molecular formula is C34H35F3N4O5S2. The first-order chi connectivity index (χ1) is 22.7. The van der Waals surface area contributed by atoms with Crippen molar-refractivity contribution in [3.8, 4) is 0 Å². The monoisotopic (exact) mass is 700 g/mol. The van der Waals surface area contributed by atoms with Crippen LogP contribution in [0.3, 0.4) is 0 Å². The first-order valence-corrected chi connectivity index (χ1v) is 18.5. The number of rotatable bonds is 11. The number of amides is 1. The van der Waals surface area contributed by atoms with Crippen LogP contribution in [0.5, 0.6) is 0 Å². The molecule has 3 aromatic carbocycles. The first-order valence-electron chi connectivity index (χ1n) is 15.2. The van der Waals surface area contributed by atoms with Gasteiger partial charge in [-0.1, -0.05) is 18.2 Å². The zero-order valence-corrected chi connectivity index (χ0v) is 27.9. The summed E-state index contributed by atoms with van der Waals surface area (Å²) in [5.41, 5.74) is 2.00. The van der Waals surface area contributed by atoms with Crippen molar-refractivity contribution < 1.29 is 34.8 Å². The van der Waals surface area contributed by atoms with E-state index in [0.717, 1.165) is 12.5 Å². The minimum absolute atomic E-state index is 0.00363. The van der Waals surface area contributed by atoms with Crippen LogP contribution in [-0.4, -0.2) is 64.0 Å². The van der Waals surface area contributed by atoms with E-state index in [1.807, 2.05) is 0 Å². The van der Waals surface area contributed by atoms with Crippen molar-refractivity contribution in [2.75, 3.05) is 31.2 Å². The second kappa shape index (κ2) is 14.6. The molecule has 1 fully saturated rings. The number of pyridine rings is 1. The summed E-state index contributed by atoms with van der Waals surface area (Å²) < 4.78 is 95.5. The number of piperazine rings is 1. The maximum absolute atomic E-state index is 15.2. The van der Waals surface area contributed by atoms with Gasteiger partial charge in [-0.05, 0) is 85.0 Å². The molecule has 48 heavy (non-hydrogen) atoms. The van der Waals surface area contributed by atoms with E-state index >= 15 is 4.39 Å². The lowest BCUT2D eigenvalue weighted by Crippen LogP contribution is -2.53. The van der Waals surface area contributed by atoms with Crippen LogP contribution in [0.1, 0.15) is 41.0 Å². The average molecular weight is 701 g/mol. The fourth-order valence-electron chi connectivity index (χ4n) is 5.91. The third-order valence-electron chi connectivity index (χ3n) is 8.29. The normalized spacial score (nSPS) is 16.4. The van der Waals surface area contributed by atoms with Crippen molar-refractivity contribution in [2.45, 2.75) is 47.9 Å². The summed E-state index contributed by atoms with van der Waals surface area (Å²) in [5, 5.41) is 5.90. The minimum atomic E-state index is -4.02. The van der Waals surface area contributed by atoms with Crippen LogP contribution in [0.15, 0.2) is 88.9 Å². The summed E-state index contributed by atoms with van der Waals surface area (Å²) >= 11 is 0. The molecule has 2 N–H and O–H groups in total. The zero-order valence-electron chi connectivity index (χ0n) is 26.3. The number of aromatic nitrogens is 1. The molecule has 14 heteroatoms. The second-order valence-electron chi connectivity index (χ2n) is 11.8. The molecule has 4 aromatic rings. The van der Waals surface area contributed by atoms with Crippen molar-refractivity contribution in [1.82, 2.24) is 14.6 Å². The van der Waals surface area contributed by atoms with Crippen LogP contribution >= 0.6 is 0 Å². The summed E-state index contributed by atoms with van der Waals surface area (Å²) in [5.74, 6) is -2.77. The molecule has 1 aliphatic rings. The highest BCUT2D eigenvalue weighted by atomic mass is 32.2. The van der Waals surface area contributed by atoms with E-state index in [2.05, 4.69) is 15.6 Å². The van der Waals surface area contributed by atoms with Crippen molar-refractivity contribution >= 4 is 31.5 Å². The number of sulfonamides is 1. The molecule has 0 aliphatic carbocycles. The predicted molar refractivity (Wildman–Crippen MR) is 175 cm³/mol. The lowest BCUT2D eigenvalue weighted by molar-refractivity contribution is -0.116. The Labute approximate surface area is 278 Å². The molecule has 2 atom stereocenters. The molecule has 254 valence electrons. The molecule has 9 nitrogen and oxygen atoms in total. The topological polar surface area (TPSA) is 126 Å². The summed E-state index contributed by atoms with van der Waals surface area (Å²) in [6.45, 7) is 2.55. The lowest BCUT2D eigenvalue weighted by atomic mass is 9.87. The SMILES string of the molecule is Cc1cc(F)cc([C@@H](CC(=O)Nc2cncc(F)c2CC[C@H]2CNCCN2S(=O)(=O)c2ccc(S(C)(=O)=O)cc2)c2ccc(F)cc2)c1. The highest BCUT2D eigenvalue weighted by molar-refractivity contribution is 7.90. The van der Waals surface area contributed by atoms with Gasteiger partial charge in [-0.25, -0.2) is 30.0 Å². The van der Waals surface area contributed by atoms with E-state index in [0.29, 0.717) is 29.8 Å². The predicted octanol–water partition coefficient (Wildman–Crippen LogP) is 4.97. The van der Waals surface area contributed by atoms with Crippen molar-refractivity contribution in [3.63, 3.8) is 0 Å². The molecule has 1 aliphatic heterocycles. The molecule has 5 rings (SSSR count). The lowest BCUT2D eigenvalue weighted by Gasteiger charge is -2.35. The van der Waals surface area contributed by atoms with E-state index in [1.54, 1.807) is 13.0 Å². The summed E-state index contributed by atoms with van der Waals surface area (Å²) in [4.78, 5) is 17.3. The number of aryl methyl sites for hydroxylation is 1. The van der Waals surface area contributed by atoms with Crippen LogP contribution in [-0.2, 0) is 31.1 Å². The number of carbonyl (C=O) groups is 1. The van der Waals surface area contributed by atoms with Gasteiger partial charge in [-0.3, -0.25) is 9.78 Å². The van der Waals surface area contributed by atoms with Crippen molar-refractivity contribution in [1.29, 1.82) is 0 Å². The third kappa shape index (κ3) is 8.29. The molecule has 0 radical (unpaired) electrons. The Hall–Kier alpha value is -4.11. The van der Waals surface area contributed by atoms with E-state index in [4.69, 9.17) is 0 Å².